The molecule has 0 heterocycles. The summed E-state index contributed by atoms with van der Waals surface area (Å²) < 4.78 is 10.6. The minimum Gasteiger partial charge on any atom is -0.491 e. The monoisotopic (exact) mass is 225 g/mol. The van der Waals surface area contributed by atoms with E-state index in [1.165, 1.54) is 0 Å². The van der Waals surface area contributed by atoms with Crippen LogP contribution in [0.3, 0.4) is 0 Å². The maximum Gasteiger partial charge on any atom is 0.121 e. The summed E-state index contributed by atoms with van der Waals surface area (Å²) in [5.74, 6) is 0.832. The molecule has 1 aromatic rings. The first-order valence-corrected chi connectivity index (χ1v) is 5.33. The van der Waals surface area contributed by atoms with E-state index in [9.17, 15) is 0 Å². The molecule has 0 saturated carbocycles. The molecule has 0 aromatic heterocycles. The minimum atomic E-state index is 0.0517. The predicted octanol–water partition coefficient (Wildman–Crippen LogP) is 1.14. The van der Waals surface area contributed by atoms with Crippen LogP contribution >= 0.6 is 0 Å². The van der Waals surface area contributed by atoms with Crippen molar-refractivity contribution in [1.82, 2.24) is 0 Å². The summed E-state index contributed by atoms with van der Waals surface area (Å²) in [4.78, 5) is 2.02. The zero-order chi connectivity index (χ0) is 11.8. The topological polar surface area (TPSA) is 41.9 Å². The quantitative estimate of drug-likeness (QED) is 0.707. The van der Waals surface area contributed by atoms with Crippen molar-refractivity contribution in [2.24, 2.45) is 0 Å². The Balaban J connectivity index is 2.33. The molecular weight excluding hydrogens is 206 g/mol. The molecule has 4 nitrogen and oxygen atoms in total. The summed E-state index contributed by atoms with van der Waals surface area (Å²) in [6.07, 6.45) is 0. The van der Waals surface area contributed by atoms with Gasteiger partial charge in [0.2, 0.25) is 0 Å². The highest BCUT2D eigenvalue weighted by Crippen LogP contribution is 2.18. The lowest BCUT2D eigenvalue weighted by molar-refractivity contribution is 0.0705. The largest absolute Gasteiger partial charge is 0.491 e. The molecule has 0 atom stereocenters. The van der Waals surface area contributed by atoms with Gasteiger partial charge in [0.15, 0.2) is 0 Å². The molecule has 4 heteroatoms. The van der Waals surface area contributed by atoms with E-state index in [2.05, 4.69) is 0 Å². The van der Waals surface area contributed by atoms with Crippen molar-refractivity contribution in [1.29, 1.82) is 0 Å². The molecule has 0 radical (unpaired) electrons. The van der Waals surface area contributed by atoms with Crippen LogP contribution in [0, 0.1) is 0 Å². The zero-order valence-corrected chi connectivity index (χ0v) is 9.85. The molecule has 0 spiro atoms. The van der Waals surface area contributed by atoms with Crippen LogP contribution in [0.2, 0.25) is 0 Å². The van der Waals surface area contributed by atoms with Crippen molar-refractivity contribution in [2.75, 3.05) is 45.4 Å². The summed E-state index contributed by atoms with van der Waals surface area (Å²) in [7, 11) is 3.98. The highest BCUT2D eigenvalue weighted by atomic mass is 16.5. The van der Waals surface area contributed by atoms with Gasteiger partial charge >= 0.3 is 0 Å². The molecule has 0 aliphatic carbocycles. The van der Waals surface area contributed by atoms with E-state index in [0.717, 1.165) is 11.4 Å². The smallest absolute Gasteiger partial charge is 0.121 e. The number of benzene rings is 1. The number of aliphatic hydroxyl groups is 1. The molecule has 0 aliphatic heterocycles. The molecule has 0 amide bonds. The number of nitrogens with zero attached hydrogens (tertiary/aromatic N) is 1. The van der Waals surface area contributed by atoms with Gasteiger partial charge in [-0.1, -0.05) is 6.07 Å². The van der Waals surface area contributed by atoms with Crippen LogP contribution < -0.4 is 9.64 Å². The second-order valence-corrected chi connectivity index (χ2v) is 3.58. The second-order valence-electron chi connectivity index (χ2n) is 3.58. The molecule has 90 valence electrons. The van der Waals surface area contributed by atoms with Crippen molar-refractivity contribution >= 4 is 5.69 Å². The Morgan fingerprint density at radius 1 is 1.19 bits per heavy atom. The van der Waals surface area contributed by atoms with Crippen LogP contribution in [0.5, 0.6) is 5.75 Å². The maximum atomic E-state index is 8.51. The summed E-state index contributed by atoms with van der Waals surface area (Å²) >= 11 is 0. The lowest BCUT2D eigenvalue weighted by Gasteiger charge is -2.14. The van der Waals surface area contributed by atoms with Crippen LogP contribution in [0.4, 0.5) is 5.69 Å². The molecule has 0 aliphatic rings. The average Bonchev–Trinajstić information content (AvgIpc) is 2.29. The Kier molecular flexibility index (Phi) is 5.67. The Hall–Kier alpha value is -1.26. The van der Waals surface area contributed by atoms with Crippen molar-refractivity contribution < 1.29 is 14.6 Å². The maximum absolute atomic E-state index is 8.51. The molecule has 0 unspecified atom stereocenters. The van der Waals surface area contributed by atoms with Crippen molar-refractivity contribution in [3.8, 4) is 5.75 Å². The first kappa shape index (κ1) is 12.8. The zero-order valence-electron chi connectivity index (χ0n) is 9.85. The van der Waals surface area contributed by atoms with Crippen molar-refractivity contribution in [3.63, 3.8) is 0 Å². The average molecular weight is 225 g/mol. The summed E-state index contributed by atoms with van der Waals surface area (Å²) in [6, 6.07) is 7.87. The fourth-order valence-electron chi connectivity index (χ4n) is 1.24. The third kappa shape index (κ3) is 4.51. The van der Waals surface area contributed by atoms with Gasteiger partial charge in [0.25, 0.3) is 0 Å². The van der Waals surface area contributed by atoms with Gasteiger partial charge < -0.3 is 19.5 Å². The summed E-state index contributed by atoms with van der Waals surface area (Å²) in [5, 5.41) is 8.51. The van der Waals surface area contributed by atoms with Gasteiger partial charge in [0, 0.05) is 25.8 Å². The highest BCUT2D eigenvalue weighted by molar-refractivity contribution is 5.49. The van der Waals surface area contributed by atoms with Gasteiger partial charge in [0.05, 0.1) is 19.8 Å². The molecular formula is C12H19NO3. The predicted molar refractivity (Wildman–Crippen MR) is 64.2 cm³/mol. The SMILES string of the molecule is CN(C)c1cccc(OCCOCCO)c1. The van der Waals surface area contributed by atoms with Crippen LogP contribution in [0.15, 0.2) is 24.3 Å². The van der Waals surface area contributed by atoms with Crippen LogP contribution in [-0.2, 0) is 4.74 Å². The van der Waals surface area contributed by atoms with Crippen LogP contribution in [-0.4, -0.2) is 45.6 Å². The third-order valence-corrected chi connectivity index (χ3v) is 2.07. The van der Waals surface area contributed by atoms with E-state index >= 15 is 0 Å². The summed E-state index contributed by atoms with van der Waals surface area (Å²) in [5.41, 5.74) is 1.11. The highest BCUT2D eigenvalue weighted by Gasteiger charge is 1.98. The lowest BCUT2D eigenvalue weighted by atomic mass is 10.3. The van der Waals surface area contributed by atoms with Crippen molar-refractivity contribution in [3.05, 3.63) is 24.3 Å². The molecule has 1 aromatic carbocycles. The van der Waals surface area contributed by atoms with Gasteiger partial charge in [-0.05, 0) is 12.1 Å². The fourth-order valence-corrected chi connectivity index (χ4v) is 1.24. The molecule has 1 N–H and O–H groups in total. The van der Waals surface area contributed by atoms with Crippen LogP contribution in [0.1, 0.15) is 0 Å². The number of aliphatic hydroxyl groups excluding tert-OH is 1. The summed E-state index contributed by atoms with van der Waals surface area (Å²) in [6.45, 7) is 1.40. The van der Waals surface area contributed by atoms with E-state index in [0.29, 0.717) is 19.8 Å². The van der Waals surface area contributed by atoms with Gasteiger partial charge in [-0.3, -0.25) is 0 Å². The van der Waals surface area contributed by atoms with E-state index in [-0.39, 0.29) is 6.61 Å². The first-order chi connectivity index (χ1) is 7.74. The van der Waals surface area contributed by atoms with Gasteiger partial charge in [-0.25, -0.2) is 0 Å². The second kappa shape index (κ2) is 7.09. The number of rotatable bonds is 7. The number of hydrogen-bond acceptors (Lipinski definition) is 4. The molecule has 0 bridgehead atoms. The van der Waals surface area contributed by atoms with E-state index < -0.39 is 0 Å². The Labute approximate surface area is 96.4 Å². The fraction of sp³-hybridized carbons (Fsp3) is 0.500. The lowest BCUT2D eigenvalue weighted by Crippen LogP contribution is -2.10. The molecule has 0 saturated heterocycles. The van der Waals surface area contributed by atoms with Gasteiger partial charge in [-0.2, -0.15) is 0 Å². The van der Waals surface area contributed by atoms with Crippen LogP contribution in [0.25, 0.3) is 0 Å². The molecule has 0 fully saturated rings. The Bertz CT molecular complexity index is 302. The number of anilines is 1. The molecule has 16 heavy (non-hydrogen) atoms. The van der Waals surface area contributed by atoms with E-state index in [4.69, 9.17) is 14.6 Å². The number of hydrogen-bond donors (Lipinski definition) is 1. The number of ether oxygens (including phenoxy) is 2. The third-order valence-electron chi connectivity index (χ3n) is 2.07. The first-order valence-electron chi connectivity index (χ1n) is 5.33. The molecule has 1 rings (SSSR count). The Morgan fingerprint density at radius 3 is 2.69 bits per heavy atom. The minimum absolute atomic E-state index is 0.0517. The van der Waals surface area contributed by atoms with Gasteiger partial charge in [-0.15, -0.1) is 0 Å². The standard InChI is InChI=1S/C12H19NO3/c1-13(2)11-4-3-5-12(10-11)16-9-8-15-7-6-14/h3-5,10,14H,6-9H2,1-2H3. The van der Waals surface area contributed by atoms with E-state index in [1.54, 1.807) is 0 Å². The Morgan fingerprint density at radius 2 is 2.00 bits per heavy atom. The normalized spacial score (nSPS) is 10.2. The van der Waals surface area contributed by atoms with Crippen molar-refractivity contribution in [2.45, 2.75) is 0 Å². The van der Waals surface area contributed by atoms with Gasteiger partial charge in [0.1, 0.15) is 12.4 Å². The van der Waals surface area contributed by atoms with E-state index in [1.807, 2.05) is 43.3 Å².